The van der Waals surface area contributed by atoms with E-state index in [9.17, 15) is 14.0 Å². The van der Waals surface area contributed by atoms with Crippen LogP contribution >= 0.6 is 0 Å². The molecule has 3 amide bonds. The summed E-state index contributed by atoms with van der Waals surface area (Å²) in [6.45, 7) is 5.34. The molecule has 0 radical (unpaired) electrons. The van der Waals surface area contributed by atoms with Crippen LogP contribution in [-0.2, 0) is 11.2 Å². The predicted octanol–water partition coefficient (Wildman–Crippen LogP) is 1.95. The second-order valence-corrected chi connectivity index (χ2v) is 9.65. The van der Waals surface area contributed by atoms with E-state index in [2.05, 4.69) is 15.5 Å². The maximum atomic E-state index is 14.2. The van der Waals surface area contributed by atoms with E-state index in [1.165, 1.54) is 6.07 Å². The maximum absolute atomic E-state index is 14.2. The van der Waals surface area contributed by atoms with Crippen LogP contribution in [0.1, 0.15) is 36.8 Å². The number of carbonyl (C=O) groups is 2. The lowest BCUT2D eigenvalue weighted by Crippen LogP contribution is -2.57. The van der Waals surface area contributed by atoms with Crippen LogP contribution in [0.4, 0.5) is 14.9 Å². The van der Waals surface area contributed by atoms with E-state index in [1.807, 2.05) is 23.8 Å². The number of benzene rings is 1. The summed E-state index contributed by atoms with van der Waals surface area (Å²) in [5, 5.41) is 6.48. The van der Waals surface area contributed by atoms with E-state index < -0.39 is 6.04 Å². The summed E-state index contributed by atoms with van der Waals surface area (Å²) in [5.41, 5.74) is 2.37. The van der Waals surface area contributed by atoms with Gasteiger partial charge in [0.2, 0.25) is 5.91 Å². The summed E-state index contributed by atoms with van der Waals surface area (Å²) < 4.78 is 14.2. The lowest BCUT2D eigenvalue weighted by molar-refractivity contribution is -0.122. The van der Waals surface area contributed by atoms with Gasteiger partial charge in [-0.15, -0.1) is 0 Å². The van der Waals surface area contributed by atoms with Crippen LogP contribution in [0.5, 0.6) is 0 Å². The van der Waals surface area contributed by atoms with Crippen molar-refractivity contribution >= 4 is 17.6 Å². The molecule has 1 aromatic carbocycles. The highest BCUT2D eigenvalue weighted by Crippen LogP contribution is 2.32. The van der Waals surface area contributed by atoms with E-state index in [-0.39, 0.29) is 29.8 Å². The molecule has 3 heterocycles. The number of halogens is 1. The Bertz CT molecular complexity index is 862. The summed E-state index contributed by atoms with van der Waals surface area (Å²) in [5.74, 6) is -0.273. The molecule has 0 bridgehead atoms. The first-order valence-corrected chi connectivity index (χ1v) is 11.5. The molecule has 3 fully saturated rings. The number of hydrogen-bond donors (Lipinski definition) is 2. The van der Waals surface area contributed by atoms with Gasteiger partial charge in [-0.05, 0) is 44.2 Å². The van der Waals surface area contributed by atoms with Gasteiger partial charge in [-0.1, -0.05) is 6.07 Å². The minimum absolute atomic E-state index is 0.0338. The first-order chi connectivity index (χ1) is 14.9. The van der Waals surface area contributed by atoms with Crippen molar-refractivity contribution in [2.75, 3.05) is 38.5 Å². The molecule has 1 aliphatic carbocycles. The number of carbonyl (C=O) groups excluding carboxylic acids is 2. The fourth-order valence-electron chi connectivity index (χ4n) is 5.89. The molecule has 4 atom stereocenters. The van der Waals surface area contributed by atoms with Crippen molar-refractivity contribution in [1.29, 1.82) is 0 Å². The second-order valence-electron chi connectivity index (χ2n) is 9.65. The highest BCUT2D eigenvalue weighted by atomic mass is 19.1. The van der Waals surface area contributed by atoms with Gasteiger partial charge >= 0.3 is 6.03 Å². The van der Waals surface area contributed by atoms with E-state index in [0.29, 0.717) is 18.0 Å². The molecule has 31 heavy (non-hydrogen) atoms. The first kappa shape index (κ1) is 20.5. The largest absolute Gasteiger partial charge is 0.373 e. The molecule has 0 aromatic heterocycles. The van der Waals surface area contributed by atoms with Crippen LogP contribution < -0.4 is 10.6 Å². The van der Waals surface area contributed by atoms with Gasteiger partial charge < -0.3 is 20.4 Å². The molecule has 5 rings (SSSR count). The molecule has 7 nitrogen and oxygen atoms in total. The Morgan fingerprint density at radius 1 is 1.19 bits per heavy atom. The number of nitrogens with zero attached hydrogens (tertiary/aromatic N) is 3. The zero-order valence-corrected chi connectivity index (χ0v) is 18.4. The lowest BCUT2D eigenvalue weighted by atomic mass is 9.89. The van der Waals surface area contributed by atoms with Crippen molar-refractivity contribution in [3.05, 3.63) is 29.1 Å². The molecule has 3 aliphatic heterocycles. The number of rotatable bonds is 3. The van der Waals surface area contributed by atoms with Gasteiger partial charge in [0.1, 0.15) is 11.9 Å². The van der Waals surface area contributed by atoms with Crippen LogP contribution in [-0.4, -0.2) is 84.0 Å². The number of nitrogens with one attached hydrogen (secondary N) is 2. The van der Waals surface area contributed by atoms with Gasteiger partial charge in [0, 0.05) is 63.0 Å². The molecule has 2 N–H and O–H groups in total. The minimum atomic E-state index is -0.408. The number of hydrogen-bond acceptors (Lipinski definition) is 4. The summed E-state index contributed by atoms with van der Waals surface area (Å²) in [6.07, 6.45) is 4.55. The number of amides is 3. The average Bonchev–Trinajstić information content (AvgIpc) is 3.34. The molecule has 4 aliphatic rings. The molecule has 0 spiro atoms. The van der Waals surface area contributed by atoms with Crippen molar-refractivity contribution in [2.24, 2.45) is 0 Å². The fourth-order valence-corrected chi connectivity index (χ4v) is 5.89. The molecular formula is C23H32FN5O2. The van der Waals surface area contributed by atoms with Crippen LogP contribution in [0.2, 0.25) is 0 Å². The van der Waals surface area contributed by atoms with Crippen molar-refractivity contribution in [2.45, 2.75) is 63.2 Å². The zero-order valence-electron chi connectivity index (χ0n) is 18.4. The smallest absolute Gasteiger partial charge is 0.320 e. The summed E-state index contributed by atoms with van der Waals surface area (Å²) >= 11 is 0. The summed E-state index contributed by atoms with van der Waals surface area (Å²) in [4.78, 5) is 31.5. The van der Waals surface area contributed by atoms with Crippen molar-refractivity contribution in [3.8, 4) is 0 Å². The Kier molecular flexibility index (Phi) is 5.28. The third-order valence-electron chi connectivity index (χ3n) is 7.59. The summed E-state index contributed by atoms with van der Waals surface area (Å²) in [6, 6.07) is 3.84. The number of anilines is 1. The number of aryl methyl sites for hydroxylation is 1. The molecule has 2 saturated heterocycles. The summed E-state index contributed by atoms with van der Waals surface area (Å²) in [7, 11) is 1.87. The highest BCUT2D eigenvalue weighted by molar-refractivity contribution is 5.88. The second kappa shape index (κ2) is 7.97. The Morgan fingerprint density at radius 3 is 2.84 bits per heavy atom. The van der Waals surface area contributed by atoms with Crippen LogP contribution in [0.25, 0.3) is 0 Å². The van der Waals surface area contributed by atoms with Gasteiger partial charge in [0.15, 0.2) is 0 Å². The van der Waals surface area contributed by atoms with Crippen molar-refractivity contribution in [1.82, 2.24) is 20.0 Å². The van der Waals surface area contributed by atoms with Gasteiger partial charge in [0.05, 0.1) is 6.04 Å². The molecule has 168 valence electrons. The molecule has 1 unspecified atom stereocenters. The predicted molar refractivity (Wildman–Crippen MR) is 117 cm³/mol. The van der Waals surface area contributed by atoms with E-state index in [0.717, 1.165) is 63.1 Å². The van der Waals surface area contributed by atoms with E-state index in [1.54, 1.807) is 6.07 Å². The van der Waals surface area contributed by atoms with Gasteiger partial charge in [-0.2, -0.15) is 0 Å². The van der Waals surface area contributed by atoms with Gasteiger partial charge in [-0.25, -0.2) is 9.18 Å². The third-order valence-corrected chi connectivity index (χ3v) is 7.59. The van der Waals surface area contributed by atoms with Crippen molar-refractivity contribution < 1.29 is 14.0 Å². The average molecular weight is 430 g/mol. The third kappa shape index (κ3) is 3.75. The molecular weight excluding hydrogens is 397 g/mol. The minimum Gasteiger partial charge on any atom is -0.373 e. The quantitative estimate of drug-likeness (QED) is 0.771. The highest BCUT2D eigenvalue weighted by Gasteiger charge is 2.41. The van der Waals surface area contributed by atoms with E-state index >= 15 is 0 Å². The number of fused-ring (bicyclic) bond motifs is 2. The Balaban J connectivity index is 1.17. The van der Waals surface area contributed by atoms with Gasteiger partial charge in [0.25, 0.3) is 0 Å². The van der Waals surface area contributed by atoms with Crippen LogP contribution in [0.3, 0.4) is 0 Å². The van der Waals surface area contributed by atoms with E-state index in [4.69, 9.17) is 0 Å². The van der Waals surface area contributed by atoms with Crippen molar-refractivity contribution in [3.63, 3.8) is 0 Å². The lowest BCUT2D eigenvalue weighted by Gasteiger charge is -2.43. The Labute approximate surface area is 182 Å². The molecule has 1 saturated carbocycles. The fraction of sp³-hybridized carbons (Fsp3) is 0.652. The van der Waals surface area contributed by atoms with Crippen LogP contribution in [0, 0.1) is 12.7 Å². The number of piperazine rings is 1. The molecule has 1 aromatic rings. The SMILES string of the molecule is Cc1ccc(F)c2c1NC(C(=O)N[C@@H]1CCC[C@H](N3CCN4C(=O)N(C)C[C@@H]4C3)C1)C2. The maximum Gasteiger partial charge on any atom is 0.320 e. The monoisotopic (exact) mass is 429 g/mol. The van der Waals surface area contributed by atoms with Crippen LogP contribution in [0.15, 0.2) is 12.1 Å². The Morgan fingerprint density at radius 2 is 2.03 bits per heavy atom. The van der Waals surface area contributed by atoms with Gasteiger partial charge in [-0.3, -0.25) is 9.69 Å². The Hall–Kier alpha value is -2.35. The topological polar surface area (TPSA) is 67.9 Å². The molecule has 8 heteroatoms. The first-order valence-electron chi connectivity index (χ1n) is 11.5. The zero-order chi connectivity index (χ0) is 21.7. The number of likely N-dealkylation sites (N-methyl/N-ethyl adjacent to an activating group) is 1. The normalized spacial score (nSPS) is 30.7. The number of urea groups is 1. The standard InChI is InChI=1S/C23H32FN5O2/c1-14-6-7-19(24)18-11-20(26-21(14)18)22(30)25-15-4-3-5-16(10-15)28-8-9-29-17(13-28)12-27(2)23(29)31/h6-7,15-17,20,26H,3-5,8-13H2,1-2H3,(H,25,30)/t15-,16+,17-,20?/m1/s1.